The molecule has 0 radical (unpaired) electrons. The minimum absolute atomic E-state index is 0.222. The van der Waals surface area contributed by atoms with Crippen LogP contribution in [0.2, 0.25) is 5.02 Å². The molecule has 10 heteroatoms. The maximum atomic E-state index is 9.04. The quantitative estimate of drug-likeness (QED) is 0.576. The molecule has 0 aliphatic carbocycles. The van der Waals surface area contributed by atoms with E-state index in [2.05, 4.69) is 38.0 Å². The lowest BCUT2D eigenvalue weighted by Crippen LogP contribution is -2.50. The first-order valence-corrected chi connectivity index (χ1v) is 10.9. The molecule has 4 rings (SSSR count). The van der Waals surface area contributed by atoms with Gasteiger partial charge in [0.25, 0.3) is 0 Å². The molecule has 2 heterocycles. The van der Waals surface area contributed by atoms with Crippen LogP contribution in [0.4, 0.5) is 0 Å². The fourth-order valence-corrected chi connectivity index (χ4v) is 4.48. The molecule has 8 nitrogen and oxygen atoms in total. The van der Waals surface area contributed by atoms with Crippen LogP contribution in [0.3, 0.4) is 0 Å². The second-order valence-corrected chi connectivity index (χ2v) is 8.78. The largest absolute Gasteiger partial charge is 0.508 e. The second kappa shape index (κ2) is 11.1. The van der Waals surface area contributed by atoms with Crippen molar-refractivity contribution in [2.75, 3.05) is 19.6 Å². The van der Waals surface area contributed by atoms with E-state index in [-0.39, 0.29) is 11.8 Å². The van der Waals surface area contributed by atoms with E-state index < -0.39 is 0 Å². The summed E-state index contributed by atoms with van der Waals surface area (Å²) >= 11 is 7.30. The van der Waals surface area contributed by atoms with E-state index in [4.69, 9.17) is 22.0 Å². The molecule has 2 aromatic carbocycles. The Bertz CT molecular complexity index is 988. The van der Waals surface area contributed by atoms with Gasteiger partial charge in [0, 0.05) is 35.6 Å². The number of phenols is 1. The second-order valence-electron chi connectivity index (χ2n) is 7.20. The highest BCUT2D eigenvalue weighted by Crippen LogP contribution is 2.28. The number of aromatic nitrogens is 4. The van der Waals surface area contributed by atoms with Crippen molar-refractivity contribution in [3.05, 3.63) is 64.4 Å². The third kappa shape index (κ3) is 7.22. The van der Waals surface area contributed by atoms with Gasteiger partial charge in [0.1, 0.15) is 5.75 Å². The summed E-state index contributed by atoms with van der Waals surface area (Å²) in [5.74, 6) is 0.222. The minimum atomic E-state index is 0.222. The van der Waals surface area contributed by atoms with Crippen molar-refractivity contribution in [2.24, 2.45) is 0 Å². The number of nitrogens with zero attached hydrogens (tertiary/aromatic N) is 6. The first-order chi connectivity index (χ1) is 14.9. The molecule has 1 fully saturated rings. The van der Waals surface area contributed by atoms with E-state index in [0.717, 1.165) is 30.1 Å². The first kappa shape index (κ1) is 23.0. The van der Waals surface area contributed by atoms with Crippen LogP contribution in [-0.4, -0.2) is 55.3 Å². The SMILES string of the molecule is Cc1cc(O)cc(Cl)c1.Cc1ccc(C#N)cc1SN1CCNC(Cn2ncnn2)C1. The third-order valence-corrected chi connectivity index (χ3v) is 6.01. The summed E-state index contributed by atoms with van der Waals surface area (Å²) in [6.07, 6.45) is 1.45. The van der Waals surface area contributed by atoms with Gasteiger partial charge >= 0.3 is 0 Å². The van der Waals surface area contributed by atoms with E-state index in [1.807, 2.05) is 25.1 Å². The Labute approximate surface area is 191 Å². The molecule has 0 amide bonds. The van der Waals surface area contributed by atoms with Crippen LogP contribution in [0.15, 0.2) is 47.6 Å². The number of piperazine rings is 1. The van der Waals surface area contributed by atoms with Crippen molar-refractivity contribution in [3.63, 3.8) is 0 Å². The van der Waals surface area contributed by atoms with Gasteiger partial charge in [0.15, 0.2) is 6.33 Å². The summed E-state index contributed by atoms with van der Waals surface area (Å²) in [4.78, 5) is 2.74. The van der Waals surface area contributed by atoms with E-state index in [1.165, 1.54) is 18.0 Å². The number of rotatable bonds is 4. The molecule has 2 N–H and O–H groups in total. The van der Waals surface area contributed by atoms with E-state index >= 15 is 0 Å². The molecule has 0 bridgehead atoms. The molecular formula is C21H24ClN7OS. The summed E-state index contributed by atoms with van der Waals surface area (Å²) in [6, 6.07) is 13.3. The van der Waals surface area contributed by atoms with E-state index in [0.29, 0.717) is 17.1 Å². The molecular weight excluding hydrogens is 434 g/mol. The van der Waals surface area contributed by atoms with Gasteiger partial charge in [-0.3, -0.25) is 0 Å². The fourth-order valence-electron chi connectivity index (χ4n) is 3.09. The highest BCUT2D eigenvalue weighted by Gasteiger charge is 2.21. The number of hydrogen-bond donors (Lipinski definition) is 2. The standard InChI is InChI=1S/C14H17N7S.C7H7ClO/c1-11-2-3-12(7-15)6-14(11)22-20-5-4-16-13(8-20)9-21-18-10-17-19-21;1-5-2-6(8)4-7(9)3-5/h2-3,6,10,13,16H,4-5,8-9H2,1H3;2-4,9H,1H3. The average Bonchev–Trinajstić information content (AvgIpc) is 3.22. The molecule has 0 spiro atoms. The monoisotopic (exact) mass is 457 g/mol. The van der Waals surface area contributed by atoms with Gasteiger partial charge in [-0.1, -0.05) is 17.7 Å². The topological polar surface area (TPSA) is 103 Å². The van der Waals surface area contributed by atoms with E-state index in [1.54, 1.807) is 28.9 Å². The molecule has 3 aromatic rings. The maximum Gasteiger partial charge on any atom is 0.162 e. The number of aromatic hydroxyl groups is 1. The fraction of sp³-hybridized carbons (Fsp3) is 0.333. The normalized spacial score (nSPS) is 16.3. The van der Waals surface area contributed by atoms with Crippen LogP contribution in [0, 0.1) is 25.2 Å². The lowest BCUT2D eigenvalue weighted by molar-refractivity contribution is 0.280. The molecule has 162 valence electrons. The van der Waals surface area contributed by atoms with Gasteiger partial charge in [-0.05, 0) is 72.5 Å². The number of benzene rings is 2. The summed E-state index contributed by atoms with van der Waals surface area (Å²) in [5.41, 5.74) is 2.86. The molecule has 0 saturated carbocycles. The zero-order valence-corrected chi connectivity index (χ0v) is 18.9. The maximum absolute atomic E-state index is 9.04. The van der Waals surface area contributed by atoms with Crippen LogP contribution >= 0.6 is 23.5 Å². The molecule has 31 heavy (non-hydrogen) atoms. The highest BCUT2D eigenvalue weighted by molar-refractivity contribution is 7.97. The summed E-state index contributed by atoms with van der Waals surface area (Å²) < 4.78 is 2.32. The molecule has 1 aromatic heterocycles. The average molecular weight is 458 g/mol. The summed E-state index contributed by atoms with van der Waals surface area (Å²) in [6.45, 7) is 7.43. The van der Waals surface area contributed by atoms with Gasteiger partial charge in [0.05, 0.1) is 18.2 Å². The number of nitrogens with one attached hydrogen (secondary N) is 1. The van der Waals surface area contributed by atoms with Crippen molar-refractivity contribution in [1.29, 1.82) is 5.26 Å². The molecule has 1 unspecified atom stereocenters. The van der Waals surface area contributed by atoms with Crippen LogP contribution in [-0.2, 0) is 6.54 Å². The van der Waals surface area contributed by atoms with Gasteiger partial charge in [-0.25, -0.2) is 4.31 Å². The number of hydrogen-bond acceptors (Lipinski definition) is 8. The first-order valence-electron chi connectivity index (χ1n) is 9.77. The molecule has 1 aliphatic rings. The Kier molecular flexibility index (Phi) is 8.26. The van der Waals surface area contributed by atoms with Gasteiger partial charge in [0.2, 0.25) is 0 Å². The van der Waals surface area contributed by atoms with Crippen molar-refractivity contribution < 1.29 is 5.11 Å². The van der Waals surface area contributed by atoms with Crippen molar-refractivity contribution in [3.8, 4) is 11.8 Å². The predicted octanol–water partition coefficient (Wildman–Crippen LogP) is 3.19. The molecule has 1 saturated heterocycles. The van der Waals surface area contributed by atoms with Crippen LogP contribution in [0.1, 0.15) is 16.7 Å². The lowest BCUT2D eigenvalue weighted by Gasteiger charge is -2.32. The van der Waals surface area contributed by atoms with Crippen LogP contribution in [0.5, 0.6) is 5.75 Å². The zero-order chi connectivity index (χ0) is 22.2. The number of phenolic OH excluding ortho intramolecular Hbond substituents is 1. The number of tetrazole rings is 1. The van der Waals surface area contributed by atoms with Crippen molar-refractivity contribution in [1.82, 2.24) is 29.8 Å². The van der Waals surface area contributed by atoms with E-state index in [9.17, 15) is 0 Å². The van der Waals surface area contributed by atoms with Gasteiger partial charge in [-0.2, -0.15) is 10.1 Å². The number of aryl methyl sites for hydroxylation is 2. The Morgan fingerprint density at radius 2 is 2.13 bits per heavy atom. The van der Waals surface area contributed by atoms with Gasteiger partial charge < -0.3 is 10.4 Å². The van der Waals surface area contributed by atoms with Crippen molar-refractivity contribution in [2.45, 2.75) is 31.3 Å². The lowest BCUT2D eigenvalue weighted by atomic mass is 10.2. The van der Waals surface area contributed by atoms with Crippen LogP contribution in [0.25, 0.3) is 0 Å². The Balaban J connectivity index is 0.000000254. The summed E-state index contributed by atoms with van der Waals surface area (Å²) in [7, 11) is 0. The highest BCUT2D eigenvalue weighted by atomic mass is 35.5. The zero-order valence-electron chi connectivity index (χ0n) is 17.4. The third-order valence-electron chi connectivity index (χ3n) is 4.56. The van der Waals surface area contributed by atoms with Crippen LogP contribution < -0.4 is 5.32 Å². The molecule has 1 aliphatic heterocycles. The minimum Gasteiger partial charge on any atom is -0.508 e. The predicted molar refractivity (Wildman–Crippen MR) is 121 cm³/mol. The Hall–Kier alpha value is -2.64. The smallest absolute Gasteiger partial charge is 0.162 e. The molecule has 1 atom stereocenters. The number of nitriles is 1. The van der Waals surface area contributed by atoms with Gasteiger partial charge in [-0.15, -0.1) is 10.2 Å². The van der Waals surface area contributed by atoms with Crippen molar-refractivity contribution >= 4 is 23.5 Å². The number of halogens is 1. The Morgan fingerprint density at radius 3 is 2.81 bits per heavy atom. The summed E-state index contributed by atoms with van der Waals surface area (Å²) in [5, 5.41) is 33.7. The Morgan fingerprint density at radius 1 is 1.29 bits per heavy atom.